The van der Waals surface area contributed by atoms with E-state index in [0.717, 1.165) is 43.4 Å². The van der Waals surface area contributed by atoms with Crippen LogP contribution in [0.1, 0.15) is 38.9 Å². The lowest BCUT2D eigenvalue weighted by atomic mass is 9.87. The van der Waals surface area contributed by atoms with Gasteiger partial charge in [-0.05, 0) is 87.6 Å². The molecule has 178 valence electrons. The summed E-state index contributed by atoms with van der Waals surface area (Å²) in [4.78, 5) is 3.80. The summed E-state index contributed by atoms with van der Waals surface area (Å²) in [5.41, 5.74) is 5.07. The van der Waals surface area contributed by atoms with Gasteiger partial charge in [0.05, 0.1) is 41.5 Å². The molecule has 0 atom stereocenters. The minimum absolute atomic E-state index is 0.485. The normalized spacial score (nSPS) is 10.0. The molecule has 40 heavy (non-hydrogen) atoms. The first-order valence-electron chi connectivity index (χ1n) is 12.2. The van der Waals surface area contributed by atoms with Gasteiger partial charge in [-0.15, -0.1) is 0 Å². The van der Waals surface area contributed by atoms with Crippen molar-refractivity contribution in [3.8, 4) is 41.9 Å². The molecule has 6 aromatic rings. The van der Waals surface area contributed by atoms with Gasteiger partial charge in [-0.1, -0.05) is 47.9 Å². The van der Waals surface area contributed by atoms with E-state index in [0.29, 0.717) is 33.5 Å². The topological polar surface area (TPSA) is 75.7 Å². The molecule has 0 fully saturated rings. The predicted octanol–water partition coefficient (Wildman–Crippen LogP) is 7.55. The van der Waals surface area contributed by atoms with Gasteiger partial charge < -0.3 is 0 Å². The van der Waals surface area contributed by atoms with Gasteiger partial charge >= 0.3 is 0 Å². The van der Waals surface area contributed by atoms with Crippen molar-refractivity contribution in [3.63, 3.8) is 0 Å². The van der Waals surface area contributed by atoms with Gasteiger partial charge in [0.15, 0.2) is 5.69 Å². The first-order valence-corrected chi connectivity index (χ1v) is 12.2. The molecule has 0 aliphatic rings. The number of nitriles is 3. The second kappa shape index (κ2) is 9.72. The molecular weight excluding hydrogens is 488 g/mol. The number of rotatable bonds is 0. The van der Waals surface area contributed by atoms with Gasteiger partial charge in [0.2, 0.25) is 0 Å². The van der Waals surface area contributed by atoms with E-state index in [1.165, 1.54) is 0 Å². The van der Waals surface area contributed by atoms with E-state index in [1.54, 1.807) is 54.6 Å². The van der Waals surface area contributed by atoms with Crippen LogP contribution in [0.15, 0.2) is 84.9 Å². The van der Waals surface area contributed by atoms with Crippen LogP contribution >= 0.6 is 0 Å². The summed E-state index contributed by atoms with van der Waals surface area (Å²) in [5, 5.41) is 33.3. The Morgan fingerprint density at radius 3 is 1.35 bits per heavy atom. The first kappa shape index (κ1) is 23.8. The van der Waals surface area contributed by atoms with Gasteiger partial charge in [-0.2, -0.15) is 15.8 Å². The van der Waals surface area contributed by atoms with Crippen LogP contribution in [0.4, 0.5) is 5.69 Å². The lowest BCUT2D eigenvalue weighted by molar-refractivity contribution is 1.48. The molecule has 4 heteroatoms. The van der Waals surface area contributed by atoms with Gasteiger partial charge in [0, 0.05) is 27.6 Å². The monoisotopic (exact) mass is 502 g/mol. The molecule has 0 aliphatic heterocycles. The minimum Gasteiger partial charge on any atom is -0.237 e. The fraction of sp³-hybridized carbons (Fsp3) is 0. The maximum Gasteiger partial charge on any atom is 0.196 e. The van der Waals surface area contributed by atoms with E-state index in [2.05, 4.69) is 46.7 Å². The Balaban J connectivity index is 1.61. The van der Waals surface area contributed by atoms with Crippen LogP contribution in [0, 0.1) is 64.2 Å². The predicted molar refractivity (Wildman–Crippen MR) is 155 cm³/mol. The number of hydrogen-bond donors (Lipinski definition) is 0. The zero-order chi connectivity index (χ0) is 27.6. The van der Waals surface area contributed by atoms with Crippen molar-refractivity contribution in [3.05, 3.63) is 135 Å². The Labute approximate surface area is 230 Å². The molecule has 6 rings (SSSR count). The zero-order valence-corrected chi connectivity index (χ0v) is 20.9. The average molecular weight is 503 g/mol. The maximum atomic E-state index is 10.0. The molecule has 0 saturated heterocycles. The van der Waals surface area contributed by atoms with E-state index in [9.17, 15) is 5.26 Å². The molecular formula is C36H14N4. The van der Waals surface area contributed by atoms with Crippen LogP contribution in [-0.4, -0.2) is 0 Å². The van der Waals surface area contributed by atoms with Gasteiger partial charge in [0.25, 0.3) is 0 Å². The number of benzene rings is 6. The molecule has 6 aromatic carbocycles. The van der Waals surface area contributed by atoms with Gasteiger partial charge in [-0.25, -0.2) is 4.85 Å². The van der Waals surface area contributed by atoms with E-state index in [-0.39, 0.29) is 0 Å². The van der Waals surface area contributed by atoms with Crippen LogP contribution in [-0.2, 0) is 0 Å². The highest BCUT2D eigenvalue weighted by Crippen LogP contribution is 2.42. The minimum atomic E-state index is 0.485. The van der Waals surface area contributed by atoms with Crippen molar-refractivity contribution in [2.24, 2.45) is 0 Å². The van der Waals surface area contributed by atoms with Crippen LogP contribution in [0.5, 0.6) is 0 Å². The third-order valence-electron chi connectivity index (χ3n) is 6.83. The SMILES string of the molecule is [C-]#[N+]c1cc(C#Cc2ccc(C#N)cc2)c2ccc3c(C#N)cc(C#Cc4ccc(C#N)cc4)c4ccc1c2c34. The molecule has 0 unspecified atom stereocenters. The van der Waals surface area contributed by atoms with Crippen molar-refractivity contribution >= 4 is 38.0 Å². The van der Waals surface area contributed by atoms with Crippen LogP contribution in [0.2, 0.25) is 0 Å². The summed E-state index contributed by atoms with van der Waals surface area (Å²) in [6.07, 6.45) is 0. The average Bonchev–Trinajstić information content (AvgIpc) is 3.02. The summed E-state index contributed by atoms with van der Waals surface area (Å²) in [6.45, 7) is 7.86. The second-order valence-electron chi connectivity index (χ2n) is 9.09. The van der Waals surface area contributed by atoms with E-state index >= 15 is 0 Å². The second-order valence-corrected chi connectivity index (χ2v) is 9.09. The summed E-state index contributed by atoms with van der Waals surface area (Å²) in [5.74, 6) is 12.8. The summed E-state index contributed by atoms with van der Waals surface area (Å²) >= 11 is 0. The van der Waals surface area contributed by atoms with Crippen molar-refractivity contribution in [2.75, 3.05) is 0 Å². The van der Waals surface area contributed by atoms with Crippen LogP contribution < -0.4 is 0 Å². The quantitative estimate of drug-likeness (QED) is 0.122. The van der Waals surface area contributed by atoms with Crippen LogP contribution in [0.3, 0.4) is 0 Å². The summed E-state index contributed by atoms with van der Waals surface area (Å²) in [6, 6.07) is 32.0. The van der Waals surface area contributed by atoms with Crippen molar-refractivity contribution in [2.45, 2.75) is 0 Å². The van der Waals surface area contributed by atoms with Gasteiger partial charge in [0.1, 0.15) is 0 Å². The number of hydrogen-bond acceptors (Lipinski definition) is 3. The highest BCUT2D eigenvalue weighted by atomic mass is 14.6. The Morgan fingerprint density at radius 2 is 0.875 bits per heavy atom. The van der Waals surface area contributed by atoms with Gasteiger partial charge in [-0.3, -0.25) is 0 Å². The van der Waals surface area contributed by atoms with Crippen LogP contribution in [0.25, 0.3) is 37.2 Å². The highest BCUT2D eigenvalue weighted by Gasteiger charge is 2.17. The lowest BCUT2D eigenvalue weighted by Gasteiger charge is -2.15. The Bertz CT molecular complexity index is 2120. The largest absolute Gasteiger partial charge is 0.237 e. The molecule has 0 saturated carbocycles. The summed E-state index contributed by atoms with van der Waals surface area (Å²) in [7, 11) is 0. The molecule has 4 nitrogen and oxygen atoms in total. The fourth-order valence-corrected chi connectivity index (χ4v) is 4.90. The Morgan fingerprint density at radius 1 is 0.450 bits per heavy atom. The van der Waals surface area contributed by atoms with Crippen molar-refractivity contribution in [1.29, 1.82) is 15.8 Å². The number of nitrogens with zero attached hydrogens (tertiary/aromatic N) is 4. The molecule has 0 radical (unpaired) electrons. The standard InChI is InChI=1S/C36H14N4/c1-40-34-19-28(13-11-24-4-8-26(21-38)9-5-24)31-14-15-32-29(22-39)18-27(30-16-17-33(34)36(31)35(30)32)12-10-23-2-6-25(20-37)7-3-23/h2-9,14-19H. The third-order valence-corrected chi connectivity index (χ3v) is 6.83. The van der Waals surface area contributed by atoms with Crippen molar-refractivity contribution < 1.29 is 0 Å². The van der Waals surface area contributed by atoms with Crippen molar-refractivity contribution in [1.82, 2.24) is 0 Å². The molecule has 0 N–H and O–H groups in total. The molecule has 0 heterocycles. The van der Waals surface area contributed by atoms with E-state index < -0.39 is 0 Å². The Hall–Kier alpha value is -6.56. The third kappa shape index (κ3) is 3.99. The molecule has 0 amide bonds. The summed E-state index contributed by atoms with van der Waals surface area (Å²) < 4.78 is 0. The molecule has 0 aliphatic carbocycles. The van der Waals surface area contributed by atoms with E-state index in [1.807, 2.05) is 30.3 Å². The smallest absolute Gasteiger partial charge is 0.196 e. The van der Waals surface area contributed by atoms with E-state index in [4.69, 9.17) is 17.1 Å². The molecule has 0 spiro atoms. The Kier molecular flexibility index (Phi) is 5.79. The fourth-order valence-electron chi connectivity index (χ4n) is 4.90. The first-order chi connectivity index (χ1) is 19.6. The molecule has 0 aromatic heterocycles. The molecule has 0 bridgehead atoms. The lowest BCUT2D eigenvalue weighted by Crippen LogP contribution is -1.92. The zero-order valence-electron chi connectivity index (χ0n) is 20.9. The highest BCUT2D eigenvalue weighted by molar-refractivity contribution is 6.28. The maximum absolute atomic E-state index is 10.0.